The molecule has 1 unspecified atom stereocenters. The second-order valence-corrected chi connectivity index (χ2v) is 8.46. The first-order chi connectivity index (χ1) is 14.2. The smallest absolute Gasteiger partial charge is 0.0591 e. The van der Waals surface area contributed by atoms with Crippen LogP contribution in [-0.4, -0.2) is 0 Å². The summed E-state index contributed by atoms with van der Waals surface area (Å²) in [6.07, 6.45) is 8.42. The Morgan fingerprint density at radius 2 is 1.24 bits per heavy atom. The predicted molar refractivity (Wildman–Crippen MR) is 129 cm³/mol. The Kier molecular flexibility index (Phi) is 8.38. The van der Waals surface area contributed by atoms with Gasteiger partial charge >= 0.3 is 0 Å². The van der Waals surface area contributed by atoms with E-state index in [0.717, 1.165) is 12.8 Å². The molecule has 0 saturated heterocycles. The molecule has 3 aromatic carbocycles. The molecule has 1 atom stereocenters. The maximum Gasteiger partial charge on any atom is 0.0591 e. The van der Waals surface area contributed by atoms with Gasteiger partial charge in [-0.05, 0) is 52.6 Å². The van der Waals surface area contributed by atoms with Gasteiger partial charge in [0.15, 0.2) is 0 Å². The molecule has 0 bridgehead atoms. The minimum Gasteiger partial charge on any atom is -0.118 e. The molecule has 0 spiro atoms. The van der Waals surface area contributed by atoms with E-state index in [2.05, 4.69) is 86.6 Å². The molecule has 3 aromatic rings. The molecule has 3 rings (SSSR count). The summed E-state index contributed by atoms with van der Waals surface area (Å²) in [6, 6.07) is 26.5. The number of benzene rings is 3. The first-order valence-corrected chi connectivity index (χ1v) is 11.6. The Balaban J connectivity index is 1.75. The van der Waals surface area contributed by atoms with E-state index >= 15 is 0 Å². The maximum atomic E-state index is 6.73. The average molecular weight is 405 g/mol. The topological polar surface area (TPSA) is 0 Å². The van der Waals surface area contributed by atoms with Crippen LogP contribution < -0.4 is 0 Å². The zero-order chi connectivity index (χ0) is 20.5. The summed E-state index contributed by atoms with van der Waals surface area (Å²) in [4.78, 5) is 0. The normalized spacial score (nSPS) is 12.1. The fourth-order valence-corrected chi connectivity index (χ4v) is 4.20. The molecular formula is C28H33Cl. The third-order valence-electron chi connectivity index (χ3n) is 5.66. The maximum absolute atomic E-state index is 6.73. The van der Waals surface area contributed by atoms with Crippen LogP contribution in [0.1, 0.15) is 68.9 Å². The zero-order valence-corrected chi connectivity index (χ0v) is 18.6. The lowest BCUT2D eigenvalue weighted by Crippen LogP contribution is -1.94. The number of halogens is 1. The van der Waals surface area contributed by atoms with Crippen LogP contribution in [-0.2, 0) is 6.42 Å². The van der Waals surface area contributed by atoms with Crippen LogP contribution in [0.15, 0.2) is 72.8 Å². The van der Waals surface area contributed by atoms with E-state index in [1.165, 1.54) is 65.5 Å². The van der Waals surface area contributed by atoms with Gasteiger partial charge in [0.1, 0.15) is 0 Å². The van der Waals surface area contributed by atoms with E-state index in [4.69, 9.17) is 11.6 Å². The van der Waals surface area contributed by atoms with Crippen molar-refractivity contribution in [3.8, 4) is 22.3 Å². The van der Waals surface area contributed by atoms with Gasteiger partial charge in [0.2, 0.25) is 0 Å². The Bertz CT molecular complexity index is 862. The van der Waals surface area contributed by atoms with E-state index in [-0.39, 0.29) is 5.38 Å². The van der Waals surface area contributed by atoms with Gasteiger partial charge in [-0.3, -0.25) is 0 Å². The standard InChI is InChI=1S/C28H33Cl/c1-3-5-7-10-22-14-16-23(17-15-22)24-18-20-25(21-19-24)26-11-8-9-12-27(26)28(29)13-6-4-2/h8-9,11-12,14-21,28H,3-7,10,13H2,1-2H3. The summed E-state index contributed by atoms with van der Waals surface area (Å²) < 4.78 is 0. The summed E-state index contributed by atoms with van der Waals surface area (Å²) in [5.74, 6) is 0. The summed E-state index contributed by atoms with van der Waals surface area (Å²) in [5, 5.41) is 0.0751. The van der Waals surface area contributed by atoms with Crippen LogP contribution >= 0.6 is 11.6 Å². The van der Waals surface area contributed by atoms with Gasteiger partial charge in [0.25, 0.3) is 0 Å². The Morgan fingerprint density at radius 3 is 1.90 bits per heavy atom. The highest BCUT2D eigenvalue weighted by Gasteiger charge is 2.13. The Hall–Kier alpha value is -2.05. The second-order valence-electron chi connectivity index (χ2n) is 7.93. The van der Waals surface area contributed by atoms with E-state index in [1.54, 1.807) is 0 Å². The van der Waals surface area contributed by atoms with Crippen LogP contribution in [0.4, 0.5) is 0 Å². The second kappa shape index (κ2) is 11.2. The van der Waals surface area contributed by atoms with Gasteiger partial charge in [-0.15, -0.1) is 11.6 Å². The van der Waals surface area contributed by atoms with Crippen molar-refractivity contribution < 1.29 is 0 Å². The molecule has 0 aliphatic rings. The molecule has 0 aromatic heterocycles. The third kappa shape index (κ3) is 5.97. The highest BCUT2D eigenvalue weighted by atomic mass is 35.5. The van der Waals surface area contributed by atoms with Crippen molar-refractivity contribution in [3.05, 3.63) is 83.9 Å². The lowest BCUT2D eigenvalue weighted by molar-refractivity contribution is 0.701. The molecule has 0 fully saturated rings. The van der Waals surface area contributed by atoms with Gasteiger partial charge in [-0.1, -0.05) is 112 Å². The number of rotatable bonds is 10. The fraction of sp³-hybridized carbons (Fsp3) is 0.357. The van der Waals surface area contributed by atoms with Crippen molar-refractivity contribution in [3.63, 3.8) is 0 Å². The monoisotopic (exact) mass is 404 g/mol. The van der Waals surface area contributed by atoms with E-state index in [0.29, 0.717) is 0 Å². The zero-order valence-electron chi connectivity index (χ0n) is 17.8. The molecule has 0 radical (unpaired) electrons. The van der Waals surface area contributed by atoms with Crippen molar-refractivity contribution >= 4 is 11.6 Å². The molecule has 0 aliphatic carbocycles. The van der Waals surface area contributed by atoms with Gasteiger partial charge < -0.3 is 0 Å². The number of unbranched alkanes of at least 4 members (excludes halogenated alkanes) is 3. The lowest BCUT2D eigenvalue weighted by atomic mass is 9.94. The van der Waals surface area contributed by atoms with Crippen molar-refractivity contribution in [1.82, 2.24) is 0 Å². The van der Waals surface area contributed by atoms with Crippen LogP contribution in [0, 0.1) is 0 Å². The summed E-state index contributed by atoms with van der Waals surface area (Å²) in [6.45, 7) is 4.47. The minimum absolute atomic E-state index is 0.0751. The first-order valence-electron chi connectivity index (χ1n) is 11.2. The lowest BCUT2D eigenvalue weighted by Gasteiger charge is -2.15. The van der Waals surface area contributed by atoms with Crippen LogP contribution in [0.5, 0.6) is 0 Å². The molecule has 0 saturated carbocycles. The van der Waals surface area contributed by atoms with Gasteiger partial charge in [-0.25, -0.2) is 0 Å². The van der Waals surface area contributed by atoms with Gasteiger partial charge in [-0.2, -0.15) is 0 Å². The number of hydrogen-bond donors (Lipinski definition) is 0. The molecule has 0 amide bonds. The number of alkyl halides is 1. The summed E-state index contributed by atoms with van der Waals surface area (Å²) in [7, 11) is 0. The van der Waals surface area contributed by atoms with Gasteiger partial charge in [0, 0.05) is 0 Å². The highest BCUT2D eigenvalue weighted by Crippen LogP contribution is 2.35. The molecule has 0 aliphatic heterocycles. The molecule has 29 heavy (non-hydrogen) atoms. The summed E-state index contributed by atoms with van der Waals surface area (Å²) in [5.41, 5.74) is 7.71. The van der Waals surface area contributed by atoms with E-state index < -0.39 is 0 Å². The van der Waals surface area contributed by atoms with Crippen LogP contribution in [0.2, 0.25) is 0 Å². The van der Waals surface area contributed by atoms with Crippen molar-refractivity contribution in [1.29, 1.82) is 0 Å². The Labute approximate surface area is 181 Å². The molecule has 1 heteroatoms. The number of aryl methyl sites for hydroxylation is 1. The van der Waals surface area contributed by atoms with Crippen molar-refractivity contribution in [2.45, 2.75) is 64.2 Å². The highest BCUT2D eigenvalue weighted by molar-refractivity contribution is 6.21. The van der Waals surface area contributed by atoms with Crippen LogP contribution in [0.3, 0.4) is 0 Å². The van der Waals surface area contributed by atoms with Crippen molar-refractivity contribution in [2.24, 2.45) is 0 Å². The molecule has 0 nitrogen and oxygen atoms in total. The SMILES string of the molecule is CCCCCc1ccc(-c2ccc(-c3ccccc3C(Cl)CCCC)cc2)cc1. The number of hydrogen-bond acceptors (Lipinski definition) is 0. The molecule has 0 heterocycles. The average Bonchev–Trinajstić information content (AvgIpc) is 2.78. The third-order valence-corrected chi connectivity index (χ3v) is 6.11. The molecule has 0 N–H and O–H groups in total. The van der Waals surface area contributed by atoms with Crippen molar-refractivity contribution in [2.75, 3.05) is 0 Å². The van der Waals surface area contributed by atoms with E-state index in [1.807, 2.05) is 0 Å². The fourth-order valence-electron chi connectivity index (χ4n) is 3.86. The van der Waals surface area contributed by atoms with Gasteiger partial charge in [0.05, 0.1) is 5.38 Å². The first kappa shape index (κ1) is 21.7. The predicted octanol–water partition coefficient (Wildman–Crippen LogP) is 9.22. The molecule has 152 valence electrons. The van der Waals surface area contributed by atoms with Crippen LogP contribution in [0.25, 0.3) is 22.3 Å². The quantitative estimate of drug-likeness (QED) is 0.233. The minimum atomic E-state index is 0.0751. The summed E-state index contributed by atoms with van der Waals surface area (Å²) >= 11 is 6.73. The Morgan fingerprint density at radius 1 is 0.655 bits per heavy atom. The molecular weight excluding hydrogens is 372 g/mol. The van der Waals surface area contributed by atoms with E-state index in [9.17, 15) is 0 Å². The largest absolute Gasteiger partial charge is 0.118 e.